The van der Waals surface area contributed by atoms with Crippen LogP contribution in [0.5, 0.6) is 0 Å². The summed E-state index contributed by atoms with van der Waals surface area (Å²) in [6.07, 6.45) is 3.56. The number of fused-ring (bicyclic) bond motifs is 1. The Hall–Kier alpha value is -2.23. The number of anilines is 3. The molecule has 0 unspecified atom stereocenters. The van der Waals surface area contributed by atoms with Crippen molar-refractivity contribution >= 4 is 23.3 Å². The molecule has 1 aromatic carbocycles. The van der Waals surface area contributed by atoms with Crippen LogP contribution in [0.25, 0.3) is 0 Å². The predicted octanol–water partition coefficient (Wildman–Crippen LogP) is 2.59. The Morgan fingerprint density at radius 3 is 2.94 bits per heavy atom. The molecule has 17 heavy (non-hydrogen) atoms. The van der Waals surface area contributed by atoms with Crippen molar-refractivity contribution in [2.24, 2.45) is 4.99 Å². The number of nitrogens with two attached hydrogens (primary N) is 1. The van der Waals surface area contributed by atoms with Gasteiger partial charge in [-0.2, -0.15) is 0 Å². The van der Waals surface area contributed by atoms with E-state index in [1.807, 2.05) is 25.1 Å². The first-order valence-corrected chi connectivity index (χ1v) is 5.49. The van der Waals surface area contributed by atoms with E-state index in [1.165, 1.54) is 0 Å². The van der Waals surface area contributed by atoms with Crippen molar-refractivity contribution in [3.05, 3.63) is 42.2 Å². The average molecular weight is 228 g/mol. The summed E-state index contributed by atoms with van der Waals surface area (Å²) in [6.45, 7) is 6.37. The maximum atomic E-state index is 5.76. The van der Waals surface area contributed by atoms with Gasteiger partial charge in [-0.05, 0) is 25.1 Å². The van der Waals surface area contributed by atoms with Gasteiger partial charge in [-0.1, -0.05) is 12.7 Å². The van der Waals surface area contributed by atoms with Crippen LogP contribution in [0.2, 0.25) is 0 Å². The van der Waals surface area contributed by atoms with Gasteiger partial charge < -0.3 is 16.4 Å². The van der Waals surface area contributed by atoms with Gasteiger partial charge in [0.1, 0.15) is 5.82 Å². The fourth-order valence-electron chi connectivity index (χ4n) is 1.71. The first-order valence-electron chi connectivity index (χ1n) is 5.49. The lowest BCUT2D eigenvalue weighted by Crippen LogP contribution is -2.03. The highest BCUT2D eigenvalue weighted by atomic mass is 15.1. The van der Waals surface area contributed by atoms with E-state index in [9.17, 15) is 0 Å². The molecule has 1 heterocycles. The molecule has 0 saturated carbocycles. The topological polar surface area (TPSA) is 62.4 Å². The van der Waals surface area contributed by atoms with Crippen LogP contribution < -0.4 is 16.4 Å². The largest absolute Gasteiger partial charge is 0.399 e. The molecule has 0 bridgehead atoms. The van der Waals surface area contributed by atoms with Gasteiger partial charge in [-0.25, -0.2) is 4.99 Å². The third-order valence-electron chi connectivity index (χ3n) is 2.57. The number of rotatable bonds is 2. The van der Waals surface area contributed by atoms with Crippen molar-refractivity contribution in [3.8, 4) is 0 Å². The Labute approximate surface area is 101 Å². The van der Waals surface area contributed by atoms with Crippen LogP contribution in [0.4, 0.5) is 17.1 Å². The molecule has 0 aromatic heterocycles. The lowest BCUT2D eigenvalue weighted by molar-refractivity contribution is 1.20. The highest BCUT2D eigenvalue weighted by Crippen LogP contribution is 2.29. The number of aliphatic imine (C=N–C) groups is 1. The molecule has 0 atom stereocenters. The molecule has 0 amide bonds. The number of nitrogen functional groups attached to an aromatic ring is 1. The molecule has 4 nitrogen and oxygen atoms in total. The number of hydrogen-bond acceptors (Lipinski definition) is 4. The Morgan fingerprint density at radius 1 is 1.41 bits per heavy atom. The van der Waals surface area contributed by atoms with E-state index >= 15 is 0 Å². The molecule has 4 N–H and O–H groups in total. The molecule has 0 fully saturated rings. The number of benzene rings is 1. The smallest absolute Gasteiger partial charge is 0.134 e. The Balaban J connectivity index is 2.42. The monoisotopic (exact) mass is 228 g/mol. The Kier molecular flexibility index (Phi) is 3.14. The van der Waals surface area contributed by atoms with Gasteiger partial charge in [-0.15, -0.1) is 0 Å². The lowest BCUT2D eigenvalue weighted by Gasteiger charge is -2.09. The number of hydrogen-bond donors (Lipinski definition) is 3. The second-order valence-electron chi connectivity index (χ2n) is 3.75. The van der Waals surface area contributed by atoms with Crippen molar-refractivity contribution in [2.45, 2.75) is 6.92 Å². The van der Waals surface area contributed by atoms with Crippen molar-refractivity contribution in [1.29, 1.82) is 0 Å². The zero-order chi connectivity index (χ0) is 12.3. The van der Waals surface area contributed by atoms with Crippen LogP contribution in [-0.2, 0) is 0 Å². The minimum atomic E-state index is 0.680. The maximum absolute atomic E-state index is 5.76. The molecule has 1 aliphatic rings. The zero-order valence-electron chi connectivity index (χ0n) is 9.83. The molecular formula is C13H16N4. The summed E-state index contributed by atoms with van der Waals surface area (Å²) < 4.78 is 0. The van der Waals surface area contributed by atoms with Gasteiger partial charge in [-0.3, -0.25) is 0 Å². The SMILES string of the molecule is C=CC1=C(/N=C\C)Nc2ccc(N)cc2NC1. The molecule has 1 aromatic rings. The third kappa shape index (κ3) is 2.30. The highest BCUT2D eigenvalue weighted by Gasteiger charge is 2.12. The van der Waals surface area contributed by atoms with Gasteiger partial charge in [0, 0.05) is 24.0 Å². The van der Waals surface area contributed by atoms with Crippen molar-refractivity contribution in [2.75, 3.05) is 22.9 Å². The summed E-state index contributed by atoms with van der Waals surface area (Å²) in [5.41, 5.74) is 9.47. The maximum Gasteiger partial charge on any atom is 0.134 e. The predicted molar refractivity (Wildman–Crippen MR) is 74.4 cm³/mol. The number of nitrogens with zero attached hydrogens (tertiary/aromatic N) is 1. The van der Waals surface area contributed by atoms with Crippen LogP contribution >= 0.6 is 0 Å². The first kappa shape index (κ1) is 11.3. The molecular weight excluding hydrogens is 212 g/mol. The summed E-state index contributed by atoms with van der Waals surface area (Å²) in [6, 6.07) is 5.70. The molecule has 88 valence electrons. The third-order valence-corrected chi connectivity index (χ3v) is 2.57. The van der Waals surface area contributed by atoms with Gasteiger partial charge >= 0.3 is 0 Å². The second kappa shape index (κ2) is 4.74. The quantitative estimate of drug-likeness (QED) is 0.538. The van der Waals surface area contributed by atoms with E-state index in [2.05, 4.69) is 22.2 Å². The molecule has 0 saturated heterocycles. The van der Waals surface area contributed by atoms with E-state index in [0.717, 1.165) is 28.5 Å². The standard InChI is InChI=1S/C13H16N4/c1-3-9-8-16-12-7-10(14)5-6-11(12)17-13(9)15-4-2/h3-7,16-17H,1,8,14H2,2H3/b15-4-. The minimum absolute atomic E-state index is 0.680. The summed E-state index contributed by atoms with van der Waals surface area (Å²) in [4.78, 5) is 4.32. The van der Waals surface area contributed by atoms with Crippen LogP contribution in [0.15, 0.2) is 47.2 Å². The zero-order valence-corrected chi connectivity index (χ0v) is 9.83. The van der Waals surface area contributed by atoms with E-state index in [4.69, 9.17) is 5.73 Å². The van der Waals surface area contributed by atoms with Crippen LogP contribution in [-0.4, -0.2) is 12.8 Å². The Bertz CT molecular complexity index is 500. The summed E-state index contributed by atoms with van der Waals surface area (Å²) in [5, 5.41) is 6.59. The molecule has 0 radical (unpaired) electrons. The fourth-order valence-corrected chi connectivity index (χ4v) is 1.71. The molecule has 0 spiro atoms. The van der Waals surface area contributed by atoms with Crippen LogP contribution in [0.3, 0.4) is 0 Å². The highest BCUT2D eigenvalue weighted by molar-refractivity contribution is 5.77. The van der Waals surface area contributed by atoms with Crippen LogP contribution in [0.1, 0.15) is 6.92 Å². The van der Waals surface area contributed by atoms with Gasteiger partial charge in [0.15, 0.2) is 0 Å². The Morgan fingerprint density at radius 2 is 2.24 bits per heavy atom. The van der Waals surface area contributed by atoms with Crippen molar-refractivity contribution < 1.29 is 0 Å². The van der Waals surface area contributed by atoms with Crippen molar-refractivity contribution in [1.82, 2.24) is 0 Å². The normalized spacial score (nSPS) is 14.9. The van der Waals surface area contributed by atoms with Gasteiger partial charge in [0.2, 0.25) is 0 Å². The fraction of sp³-hybridized carbons (Fsp3) is 0.154. The van der Waals surface area contributed by atoms with Gasteiger partial charge in [0.05, 0.1) is 11.4 Å². The molecule has 1 aliphatic heterocycles. The van der Waals surface area contributed by atoms with E-state index in [1.54, 1.807) is 12.3 Å². The van der Waals surface area contributed by atoms with E-state index < -0.39 is 0 Å². The van der Waals surface area contributed by atoms with Crippen LogP contribution in [0, 0.1) is 0 Å². The summed E-state index contributed by atoms with van der Waals surface area (Å²) in [7, 11) is 0. The second-order valence-corrected chi connectivity index (χ2v) is 3.75. The summed E-state index contributed by atoms with van der Waals surface area (Å²) >= 11 is 0. The summed E-state index contributed by atoms with van der Waals surface area (Å²) in [5.74, 6) is 0.818. The molecule has 0 aliphatic carbocycles. The minimum Gasteiger partial charge on any atom is -0.399 e. The number of nitrogens with one attached hydrogen (secondary N) is 2. The van der Waals surface area contributed by atoms with E-state index in [0.29, 0.717) is 6.54 Å². The van der Waals surface area contributed by atoms with Gasteiger partial charge in [0.25, 0.3) is 0 Å². The van der Waals surface area contributed by atoms with E-state index in [-0.39, 0.29) is 0 Å². The average Bonchev–Trinajstić information content (AvgIpc) is 2.48. The molecule has 2 rings (SSSR count). The molecule has 4 heteroatoms. The van der Waals surface area contributed by atoms with Crippen molar-refractivity contribution in [3.63, 3.8) is 0 Å². The lowest BCUT2D eigenvalue weighted by atomic mass is 10.2. The first-order chi connectivity index (χ1) is 8.24.